The van der Waals surface area contributed by atoms with Crippen molar-refractivity contribution < 1.29 is 9.59 Å². The summed E-state index contributed by atoms with van der Waals surface area (Å²) in [6.45, 7) is 6.04. The van der Waals surface area contributed by atoms with Crippen molar-refractivity contribution in [1.82, 2.24) is 15.5 Å². The SMILES string of the molecule is CCNC(=NCc1ccc(C(=O)NCC(N)=O)cc1)N(C)Cc1ccc(CC)cc1.I. The Labute approximate surface area is 201 Å². The molecule has 0 bridgehead atoms. The maximum absolute atomic E-state index is 12.0. The minimum absolute atomic E-state index is 0. The number of benzene rings is 2. The van der Waals surface area contributed by atoms with Gasteiger partial charge in [0.15, 0.2) is 5.96 Å². The molecule has 31 heavy (non-hydrogen) atoms. The Hall–Kier alpha value is -2.62. The third-order valence-electron chi connectivity index (χ3n) is 4.60. The van der Waals surface area contributed by atoms with Crippen molar-refractivity contribution in [2.45, 2.75) is 33.4 Å². The van der Waals surface area contributed by atoms with Crippen LogP contribution in [-0.2, 0) is 24.3 Å². The second kappa shape index (κ2) is 13.6. The monoisotopic (exact) mass is 537 g/mol. The summed E-state index contributed by atoms with van der Waals surface area (Å²) >= 11 is 0. The van der Waals surface area contributed by atoms with Gasteiger partial charge in [0.25, 0.3) is 5.91 Å². The second-order valence-electron chi connectivity index (χ2n) is 7.04. The molecule has 168 valence electrons. The Kier molecular flexibility index (Phi) is 11.6. The lowest BCUT2D eigenvalue weighted by Crippen LogP contribution is -2.38. The molecule has 0 atom stereocenters. The molecule has 0 heterocycles. The quantitative estimate of drug-likeness (QED) is 0.260. The summed E-state index contributed by atoms with van der Waals surface area (Å²) in [5.41, 5.74) is 9.06. The fourth-order valence-electron chi connectivity index (χ4n) is 2.90. The summed E-state index contributed by atoms with van der Waals surface area (Å²) in [5, 5.41) is 5.79. The van der Waals surface area contributed by atoms with Gasteiger partial charge >= 0.3 is 0 Å². The van der Waals surface area contributed by atoms with Gasteiger partial charge in [0.2, 0.25) is 5.91 Å². The Bertz CT molecular complexity index is 867. The molecule has 0 radical (unpaired) electrons. The maximum Gasteiger partial charge on any atom is 0.251 e. The number of nitrogens with two attached hydrogens (primary N) is 1. The number of carbonyl (C=O) groups is 2. The van der Waals surface area contributed by atoms with Gasteiger partial charge in [-0.1, -0.05) is 43.3 Å². The Morgan fingerprint density at radius 1 is 0.935 bits per heavy atom. The predicted octanol–water partition coefficient (Wildman–Crippen LogP) is 2.68. The van der Waals surface area contributed by atoms with E-state index in [4.69, 9.17) is 10.7 Å². The molecule has 0 spiro atoms. The molecule has 0 aliphatic heterocycles. The average molecular weight is 537 g/mol. The molecular formula is C23H32IN5O2. The van der Waals surface area contributed by atoms with Crippen molar-refractivity contribution in [2.75, 3.05) is 20.1 Å². The van der Waals surface area contributed by atoms with Gasteiger partial charge in [-0.15, -0.1) is 24.0 Å². The molecule has 0 aromatic heterocycles. The third kappa shape index (κ3) is 8.95. The molecule has 2 aromatic carbocycles. The standard InChI is InChI=1S/C23H31N5O2.HI/c1-4-17-6-8-19(9-7-17)16-28(3)23(25-5-2)27-14-18-10-12-20(13-11-18)22(30)26-15-21(24)29;/h6-13H,4-5,14-16H2,1-3H3,(H2,24,29)(H,25,27)(H,26,30);1H. The summed E-state index contributed by atoms with van der Waals surface area (Å²) in [6.07, 6.45) is 1.03. The normalized spacial score (nSPS) is 10.7. The van der Waals surface area contributed by atoms with Gasteiger partial charge in [0, 0.05) is 25.7 Å². The minimum atomic E-state index is -0.573. The van der Waals surface area contributed by atoms with Gasteiger partial charge in [0.05, 0.1) is 13.1 Å². The number of nitrogens with one attached hydrogen (secondary N) is 2. The molecule has 2 aromatic rings. The van der Waals surface area contributed by atoms with Crippen LogP contribution in [-0.4, -0.2) is 42.8 Å². The average Bonchev–Trinajstić information content (AvgIpc) is 2.75. The number of aliphatic imine (C=N–C) groups is 1. The van der Waals surface area contributed by atoms with Crippen LogP contribution in [0.25, 0.3) is 0 Å². The van der Waals surface area contributed by atoms with E-state index in [0.717, 1.165) is 31.0 Å². The molecule has 0 fully saturated rings. The highest BCUT2D eigenvalue weighted by Crippen LogP contribution is 2.09. The van der Waals surface area contributed by atoms with Crippen molar-refractivity contribution in [3.8, 4) is 0 Å². The van der Waals surface area contributed by atoms with Crippen LogP contribution in [0.1, 0.15) is 40.9 Å². The highest BCUT2D eigenvalue weighted by atomic mass is 127. The van der Waals surface area contributed by atoms with E-state index in [0.29, 0.717) is 12.1 Å². The highest BCUT2D eigenvalue weighted by Gasteiger charge is 2.08. The van der Waals surface area contributed by atoms with E-state index in [-0.39, 0.29) is 36.4 Å². The zero-order valence-corrected chi connectivity index (χ0v) is 20.7. The van der Waals surface area contributed by atoms with E-state index in [9.17, 15) is 9.59 Å². The first-order valence-electron chi connectivity index (χ1n) is 10.2. The lowest BCUT2D eigenvalue weighted by atomic mass is 10.1. The topological polar surface area (TPSA) is 99.8 Å². The number of amides is 2. The van der Waals surface area contributed by atoms with Gasteiger partial charge in [-0.2, -0.15) is 0 Å². The number of guanidine groups is 1. The molecule has 4 N–H and O–H groups in total. The van der Waals surface area contributed by atoms with E-state index in [1.165, 1.54) is 11.1 Å². The van der Waals surface area contributed by atoms with Gasteiger partial charge in [-0.3, -0.25) is 9.59 Å². The Morgan fingerprint density at radius 2 is 1.52 bits per heavy atom. The summed E-state index contributed by atoms with van der Waals surface area (Å²) < 4.78 is 0. The second-order valence-corrected chi connectivity index (χ2v) is 7.04. The fourth-order valence-corrected chi connectivity index (χ4v) is 2.90. The summed E-state index contributed by atoms with van der Waals surface area (Å²) in [4.78, 5) is 29.5. The molecule has 0 saturated heterocycles. The van der Waals surface area contributed by atoms with Crippen LogP contribution in [0.15, 0.2) is 53.5 Å². The lowest BCUT2D eigenvalue weighted by molar-refractivity contribution is -0.117. The maximum atomic E-state index is 12.0. The van der Waals surface area contributed by atoms with Crippen LogP contribution >= 0.6 is 24.0 Å². The minimum Gasteiger partial charge on any atom is -0.368 e. The zero-order chi connectivity index (χ0) is 21.9. The fraction of sp³-hybridized carbons (Fsp3) is 0.348. The number of hydrogen-bond acceptors (Lipinski definition) is 3. The molecule has 2 rings (SSSR count). The number of nitrogens with zero attached hydrogens (tertiary/aromatic N) is 2. The van der Waals surface area contributed by atoms with Crippen molar-refractivity contribution in [1.29, 1.82) is 0 Å². The third-order valence-corrected chi connectivity index (χ3v) is 4.60. The molecule has 7 nitrogen and oxygen atoms in total. The first-order chi connectivity index (χ1) is 14.4. The summed E-state index contributed by atoms with van der Waals surface area (Å²) in [7, 11) is 2.02. The lowest BCUT2D eigenvalue weighted by Gasteiger charge is -2.22. The number of rotatable bonds is 9. The summed E-state index contributed by atoms with van der Waals surface area (Å²) in [5.74, 6) is -0.0814. The van der Waals surface area contributed by atoms with Crippen LogP contribution in [0.3, 0.4) is 0 Å². The summed E-state index contributed by atoms with van der Waals surface area (Å²) in [6, 6.07) is 15.8. The zero-order valence-electron chi connectivity index (χ0n) is 18.4. The van der Waals surface area contributed by atoms with Gasteiger partial charge < -0.3 is 21.3 Å². The van der Waals surface area contributed by atoms with Crippen LogP contribution < -0.4 is 16.4 Å². The number of hydrogen-bond donors (Lipinski definition) is 3. The van der Waals surface area contributed by atoms with Gasteiger partial charge in [0.1, 0.15) is 0 Å². The van der Waals surface area contributed by atoms with Crippen molar-refractivity contribution in [2.24, 2.45) is 10.7 Å². The van der Waals surface area contributed by atoms with Crippen LogP contribution in [0.5, 0.6) is 0 Å². The van der Waals surface area contributed by atoms with Crippen molar-refractivity contribution >= 4 is 41.8 Å². The number of halogens is 1. The molecule has 2 amide bonds. The Balaban J connectivity index is 0.00000480. The van der Waals surface area contributed by atoms with E-state index in [1.54, 1.807) is 12.1 Å². The largest absolute Gasteiger partial charge is 0.368 e. The number of primary amides is 1. The Morgan fingerprint density at radius 3 is 2.06 bits per heavy atom. The van der Waals surface area contributed by atoms with E-state index in [1.807, 2.05) is 26.1 Å². The number of aryl methyl sites for hydroxylation is 1. The predicted molar refractivity (Wildman–Crippen MR) is 135 cm³/mol. The van der Waals surface area contributed by atoms with Crippen molar-refractivity contribution in [3.63, 3.8) is 0 Å². The first kappa shape index (κ1) is 26.4. The first-order valence-corrected chi connectivity index (χ1v) is 10.2. The van der Waals surface area contributed by atoms with Gasteiger partial charge in [-0.25, -0.2) is 4.99 Å². The molecular weight excluding hydrogens is 505 g/mol. The van der Waals surface area contributed by atoms with Crippen LogP contribution in [0.2, 0.25) is 0 Å². The molecule has 8 heteroatoms. The van der Waals surface area contributed by atoms with E-state index < -0.39 is 5.91 Å². The highest BCUT2D eigenvalue weighted by molar-refractivity contribution is 14.0. The molecule has 0 aliphatic rings. The smallest absolute Gasteiger partial charge is 0.251 e. The molecule has 0 aliphatic carbocycles. The molecule has 0 unspecified atom stereocenters. The van der Waals surface area contributed by atoms with Gasteiger partial charge in [-0.05, 0) is 42.2 Å². The molecule has 0 saturated carbocycles. The van der Waals surface area contributed by atoms with Crippen LogP contribution in [0, 0.1) is 0 Å². The van der Waals surface area contributed by atoms with Crippen LogP contribution in [0.4, 0.5) is 0 Å². The van der Waals surface area contributed by atoms with E-state index in [2.05, 4.69) is 46.7 Å². The van der Waals surface area contributed by atoms with Crippen molar-refractivity contribution in [3.05, 3.63) is 70.8 Å². The number of carbonyl (C=O) groups excluding carboxylic acids is 2. The van der Waals surface area contributed by atoms with E-state index >= 15 is 0 Å².